The standard InChI is InChI=1S/C16H16FNO2/c1-18-14(12-3-5-13(17)6-4-12)8-11-2-7-15-16(9-11)20-10-19-15/h2-7,9,14,18H,8,10H2,1H3. The second-order valence-corrected chi connectivity index (χ2v) is 4.78. The van der Waals surface area contributed by atoms with Crippen LogP contribution in [0, 0.1) is 5.82 Å². The smallest absolute Gasteiger partial charge is 0.231 e. The van der Waals surface area contributed by atoms with Crippen LogP contribution in [0.5, 0.6) is 11.5 Å². The molecule has 2 aromatic carbocycles. The summed E-state index contributed by atoms with van der Waals surface area (Å²) in [4.78, 5) is 0. The van der Waals surface area contributed by atoms with Crippen LogP contribution in [-0.2, 0) is 6.42 Å². The fourth-order valence-electron chi connectivity index (χ4n) is 2.39. The minimum absolute atomic E-state index is 0.135. The van der Waals surface area contributed by atoms with Gasteiger partial charge in [-0.15, -0.1) is 0 Å². The van der Waals surface area contributed by atoms with Crippen molar-refractivity contribution in [3.05, 3.63) is 59.4 Å². The zero-order valence-corrected chi connectivity index (χ0v) is 11.2. The molecule has 104 valence electrons. The van der Waals surface area contributed by atoms with E-state index in [1.165, 1.54) is 12.1 Å². The number of benzene rings is 2. The van der Waals surface area contributed by atoms with Gasteiger partial charge in [-0.1, -0.05) is 18.2 Å². The third-order valence-corrected chi connectivity index (χ3v) is 3.50. The van der Waals surface area contributed by atoms with Gasteiger partial charge in [-0.2, -0.15) is 0 Å². The number of fused-ring (bicyclic) bond motifs is 1. The Morgan fingerprint density at radius 1 is 1.10 bits per heavy atom. The van der Waals surface area contributed by atoms with E-state index in [0.717, 1.165) is 29.0 Å². The van der Waals surface area contributed by atoms with Crippen LogP contribution < -0.4 is 14.8 Å². The molecule has 0 amide bonds. The van der Waals surface area contributed by atoms with Gasteiger partial charge in [-0.3, -0.25) is 0 Å². The van der Waals surface area contributed by atoms with Crippen molar-refractivity contribution in [3.8, 4) is 11.5 Å². The molecule has 1 aliphatic rings. The van der Waals surface area contributed by atoms with E-state index < -0.39 is 0 Å². The summed E-state index contributed by atoms with van der Waals surface area (Å²) < 4.78 is 23.7. The average Bonchev–Trinajstić information content (AvgIpc) is 2.93. The molecule has 0 spiro atoms. The van der Waals surface area contributed by atoms with Crippen molar-refractivity contribution < 1.29 is 13.9 Å². The fourth-order valence-corrected chi connectivity index (χ4v) is 2.39. The van der Waals surface area contributed by atoms with Gasteiger partial charge in [-0.05, 0) is 48.9 Å². The minimum atomic E-state index is -0.216. The largest absolute Gasteiger partial charge is 0.454 e. The summed E-state index contributed by atoms with van der Waals surface area (Å²) in [5.41, 5.74) is 2.21. The van der Waals surface area contributed by atoms with E-state index in [-0.39, 0.29) is 18.7 Å². The molecule has 2 aromatic rings. The number of nitrogens with one attached hydrogen (secondary N) is 1. The van der Waals surface area contributed by atoms with Crippen LogP contribution in [-0.4, -0.2) is 13.8 Å². The van der Waals surface area contributed by atoms with Crippen molar-refractivity contribution >= 4 is 0 Å². The highest BCUT2D eigenvalue weighted by atomic mass is 19.1. The Labute approximate surface area is 117 Å². The maximum atomic E-state index is 13.0. The van der Waals surface area contributed by atoms with Crippen LogP contribution in [0.4, 0.5) is 4.39 Å². The molecule has 3 rings (SSSR count). The highest BCUT2D eigenvalue weighted by molar-refractivity contribution is 5.44. The zero-order chi connectivity index (χ0) is 13.9. The highest BCUT2D eigenvalue weighted by Crippen LogP contribution is 2.33. The Hall–Kier alpha value is -2.07. The van der Waals surface area contributed by atoms with Crippen molar-refractivity contribution in [2.75, 3.05) is 13.8 Å². The summed E-state index contributed by atoms with van der Waals surface area (Å²) in [6.45, 7) is 0.284. The second-order valence-electron chi connectivity index (χ2n) is 4.78. The maximum Gasteiger partial charge on any atom is 0.231 e. The molecule has 0 radical (unpaired) electrons. The van der Waals surface area contributed by atoms with Gasteiger partial charge >= 0.3 is 0 Å². The van der Waals surface area contributed by atoms with Gasteiger partial charge in [-0.25, -0.2) is 4.39 Å². The molecular weight excluding hydrogens is 257 g/mol. The van der Waals surface area contributed by atoms with E-state index in [1.807, 2.05) is 37.4 Å². The van der Waals surface area contributed by atoms with Gasteiger partial charge in [0.15, 0.2) is 11.5 Å². The predicted octanol–water partition coefficient (Wildman–Crippen LogP) is 3.06. The van der Waals surface area contributed by atoms with E-state index in [0.29, 0.717) is 0 Å². The van der Waals surface area contributed by atoms with E-state index >= 15 is 0 Å². The van der Waals surface area contributed by atoms with E-state index in [4.69, 9.17) is 9.47 Å². The Balaban J connectivity index is 1.79. The number of ether oxygens (including phenoxy) is 2. The third kappa shape index (κ3) is 2.60. The van der Waals surface area contributed by atoms with Crippen molar-refractivity contribution in [3.63, 3.8) is 0 Å². The number of likely N-dealkylation sites (N-methyl/N-ethyl adjacent to an activating group) is 1. The monoisotopic (exact) mass is 273 g/mol. The Morgan fingerprint density at radius 3 is 2.60 bits per heavy atom. The molecule has 1 heterocycles. The van der Waals surface area contributed by atoms with Crippen LogP contribution in [0.25, 0.3) is 0 Å². The normalized spacial score (nSPS) is 14.3. The number of halogens is 1. The van der Waals surface area contributed by atoms with Crippen LogP contribution >= 0.6 is 0 Å². The SMILES string of the molecule is CNC(Cc1ccc2c(c1)OCO2)c1ccc(F)cc1. The molecule has 1 N–H and O–H groups in total. The van der Waals surface area contributed by atoms with Crippen LogP contribution in [0.2, 0.25) is 0 Å². The molecule has 0 bridgehead atoms. The fraction of sp³-hybridized carbons (Fsp3) is 0.250. The third-order valence-electron chi connectivity index (χ3n) is 3.50. The molecular formula is C16H16FNO2. The lowest BCUT2D eigenvalue weighted by Gasteiger charge is -2.17. The average molecular weight is 273 g/mol. The quantitative estimate of drug-likeness (QED) is 0.928. The molecule has 0 fully saturated rings. The molecule has 0 saturated carbocycles. The Morgan fingerprint density at radius 2 is 1.85 bits per heavy atom. The molecule has 1 atom stereocenters. The number of rotatable bonds is 4. The first-order valence-electron chi connectivity index (χ1n) is 6.57. The summed E-state index contributed by atoms with van der Waals surface area (Å²) >= 11 is 0. The lowest BCUT2D eigenvalue weighted by Crippen LogP contribution is -2.18. The van der Waals surface area contributed by atoms with Gasteiger partial charge in [0.05, 0.1) is 0 Å². The van der Waals surface area contributed by atoms with Crippen molar-refractivity contribution in [1.82, 2.24) is 5.32 Å². The minimum Gasteiger partial charge on any atom is -0.454 e. The number of hydrogen-bond acceptors (Lipinski definition) is 3. The van der Waals surface area contributed by atoms with Crippen molar-refractivity contribution in [2.24, 2.45) is 0 Å². The predicted molar refractivity (Wildman–Crippen MR) is 74.5 cm³/mol. The first-order valence-corrected chi connectivity index (χ1v) is 6.57. The number of hydrogen-bond donors (Lipinski definition) is 1. The zero-order valence-electron chi connectivity index (χ0n) is 11.2. The Kier molecular flexibility index (Phi) is 3.56. The van der Waals surface area contributed by atoms with Gasteiger partial charge in [0.25, 0.3) is 0 Å². The molecule has 20 heavy (non-hydrogen) atoms. The van der Waals surface area contributed by atoms with Gasteiger partial charge in [0.1, 0.15) is 5.82 Å². The van der Waals surface area contributed by atoms with Crippen LogP contribution in [0.15, 0.2) is 42.5 Å². The lowest BCUT2D eigenvalue weighted by atomic mass is 9.99. The molecule has 0 aliphatic carbocycles. The molecule has 0 saturated heterocycles. The van der Waals surface area contributed by atoms with Crippen LogP contribution in [0.1, 0.15) is 17.2 Å². The topological polar surface area (TPSA) is 30.5 Å². The summed E-state index contributed by atoms with van der Waals surface area (Å²) in [5, 5.41) is 3.26. The lowest BCUT2D eigenvalue weighted by molar-refractivity contribution is 0.174. The molecule has 0 aromatic heterocycles. The second kappa shape index (κ2) is 5.51. The summed E-state index contributed by atoms with van der Waals surface area (Å²) in [6.07, 6.45) is 0.804. The summed E-state index contributed by atoms with van der Waals surface area (Å²) in [6, 6.07) is 12.7. The van der Waals surface area contributed by atoms with Gasteiger partial charge < -0.3 is 14.8 Å². The van der Waals surface area contributed by atoms with E-state index in [9.17, 15) is 4.39 Å². The van der Waals surface area contributed by atoms with Gasteiger partial charge in [0, 0.05) is 6.04 Å². The molecule has 3 nitrogen and oxygen atoms in total. The highest BCUT2D eigenvalue weighted by Gasteiger charge is 2.16. The Bertz CT molecular complexity index is 598. The molecule has 1 unspecified atom stereocenters. The van der Waals surface area contributed by atoms with E-state index in [1.54, 1.807) is 0 Å². The summed E-state index contributed by atoms with van der Waals surface area (Å²) in [7, 11) is 1.90. The van der Waals surface area contributed by atoms with Crippen molar-refractivity contribution in [1.29, 1.82) is 0 Å². The first kappa shape index (κ1) is 12.9. The van der Waals surface area contributed by atoms with Gasteiger partial charge in [0.2, 0.25) is 6.79 Å². The molecule has 4 heteroatoms. The molecule has 1 aliphatic heterocycles. The maximum absolute atomic E-state index is 13.0. The van der Waals surface area contributed by atoms with E-state index in [2.05, 4.69) is 5.32 Å². The van der Waals surface area contributed by atoms with Crippen LogP contribution in [0.3, 0.4) is 0 Å². The first-order chi connectivity index (χ1) is 9.76. The summed E-state index contributed by atoms with van der Waals surface area (Å²) in [5.74, 6) is 1.36. The van der Waals surface area contributed by atoms with Crippen molar-refractivity contribution in [2.45, 2.75) is 12.5 Å².